The topological polar surface area (TPSA) is 39.2 Å². The van der Waals surface area contributed by atoms with Crippen molar-refractivity contribution >= 4 is 44.5 Å². The highest BCUT2D eigenvalue weighted by Crippen LogP contribution is 2.27. The van der Waals surface area contributed by atoms with Crippen molar-refractivity contribution in [3.8, 4) is 0 Å². The third-order valence-electron chi connectivity index (χ3n) is 1.91. The monoisotopic (exact) mass is 419 g/mol. The largest absolute Gasteiger partial charge is 0.462 e. The van der Waals surface area contributed by atoms with E-state index in [2.05, 4.69) is 20.9 Å². The molecule has 0 radical (unpaired) electrons. The van der Waals surface area contributed by atoms with E-state index in [9.17, 15) is 13.6 Å². The third kappa shape index (κ3) is 3.57. The van der Waals surface area contributed by atoms with E-state index in [1.807, 2.05) is 0 Å². The zero-order chi connectivity index (χ0) is 13.0. The van der Waals surface area contributed by atoms with Crippen molar-refractivity contribution in [2.24, 2.45) is 0 Å². The zero-order valence-corrected chi connectivity index (χ0v) is 12.6. The summed E-state index contributed by atoms with van der Waals surface area (Å²) in [6.45, 7) is 1.75. The molecule has 1 heterocycles. The fourth-order valence-electron chi connectivity index (χ4n) is 1.23. The van der Waals surface area contributed by atoms with Crippen LogP contribution >= 0.6 is 38.5 Å². The molecule has 1 rings (SSSR count). The number of alkyl halides is 3. The molecule has 0 spiro atoms. The Balaban J connectivity index is 3.31. The summed E-state index contributed by atoms with van der Waals surface area (Å²) in [5, 5.41) is 0.353. The van der Waals surface area contributed by atoms with Gasteiger partial charge in [-0.25, -0.2) is 18.6 Å². The van der Waals surface area contributed by atoms with Crippen molar-refractivity contribution in [2.75, 3.05) is 6.61 Å². The van der Waals surface area contributed by atoms with Crippen LogP contribution in [0.1, 0.15) is 35.0 Å². The predicted molar refractivity (Wildman–Crippen MR) is 70.5 cm³/mol. The van der Waals surface area contributed by atoms with Crippen molar-refractivity contribution in [3.05, 3.63) is 26.6 Å². The molecule has 1 aromatic rings. The van der Waals surface area contributed by atoms with Crippen molar-refractivity contribution in [3.63, 3.8) is 0 Å². The molecule has 0 N–H and O–H groups in total. The summed E-state index contributed by atoms with van der Waals surface area (Å²) >= 11 is 4.90. The van der Waals surface area contributed by atoms with E-state index >= 15 is 0 Å². The Kier molecular flexibility index (Phi) is 5.71. The van der Waals surface area contributed by atoms with Gasteiger partial charge in [0.1, 0.15) is 9.26 Å². The minimum absolute atomic E-state index is 0.137. The summed E-state index contributed by atoms with van der Waals surface area (Å²) in [4.78, 5) is 15.6. The van der Waals surface area contributed by atoms with Crippen LogP contribution in [0.25, 0.3) is 0 Å². The maximum Gasteiger partial charge on any atom is 0.341 e. The van der Waals surface area contributed by atoms with Gasteiger partial charge in [-0.2, -0.15) is 0 Å². The van der Waals surface area contributed by atoms with Crippen LogP contribution in [0.2, 0.25) is 0 Å². The minimum atomic E-state index is -2.73. The molecule has 17 heavy (non-hydrogen) atoms. The van der Waals surface area contributed by atoms with Gasteiger partial charge in [0.25, 0.3) is 6.43 Å². The highest BCUT2D eigenvalue weighted by Gasteiger charge is 2.24. The second kappa shape index (κ2) is 6.58. The van der Waals surface area contributed by atoms with Crippen LogP contribution in [0, 0.1) is 3.70 Å². The van der Waals surface area contributed by atoms with Crippen LogP contribution in [0.4, 0.5) is 8.78 Å². The Morgan fingerprint density at radius 3 is 2.76 bits per heavy atom. The molecule has 0 aliphatic heterocycles. The molecule has 0 fully saturated rings. The molecule has 3 nitrogen and oxygen atoms in total. The average molecular weight is 420 g/mol. The van der Waals surface area contributed by atoms with Gasteiger partial charge in [0.2, 0.25) is 0 Å². The molecule has 0 atom stereocenters. The molecule has 0 amide bonds. The van der Waals surface area contributed by atoms with E-state index in [-0.39, 0.29) is 21.4 Å². The van der Waals surface area contributed by atoms with Gasteiger partial charge in [-0.15, -0.1) is 0 Å². The average Bonchev–Trinajstić information content (AvgIpc) is 2.27. The second-order valence-corrected chi connectivity index (χ2v) is 4.61. The number of ether oxygens (including phenoxy) is 1. The van der Waals surface area contributed by atoms with E-state index in [4.69, 9.17) is 4.74 Å². The first-order valence-electron chi connectivity index (χ1n) is 4.71. The first kappa shape index (κ1) is 14.7. The molecule has 0 saturated heterocycles. The van der Waals surface area contributed by atoms with E-state index in [0.29, 0.717) is 11.0 Å². The quantitative estimate of drug-likeness (QED) is 0.323. The Bertz CT molecular complexity index is 429. The molecule has 0 aliphatic carbocycles. The maximum atomic E-state index is 12.9. The van der Waals surface area contributed by atoms with Crippen LogP contribution in [-0.2, 0) is 10.1 Å². The van der Waals surface area contributed by atoms with Gasteiger partial charge in [-0.05, 0) is 35.6 Å². The van der Waals surface area contributed by atoms with Crippen LogP contribution < -0.4 is 0 Å². The van der Waals surface area contributed by atoms with Crippen LogP contribution in [0.15, 0.2) is 6.07 Å². The van der Waals surface area contributed by atoms with Gasteiger partial charge in [0.15, 0.2) is 0 Å². The zero-order valence-electron chi connectivity index (χ0n) is 8.84. The molecule has 0 saturated carbocycles. The Morgan fingerprint density at radius 1 is 1.65 bits per heavy atom. The summed E-state index contributed by atoms with van der Waals surface area (Å²) in [5.74, 6) is -0.763. The first-order chi connectivity index (χ1) is 8.01. The molecule has 7 heteroatoms. The van der Waals surface area contributed by atoms with Crippen LogP contribution in [-0.4, -0.2) is 17.6 Å². The number of hydrogen-bond donors (Lipinski definition) is 0. The van der Waals surface area contributed by atoms with Crippen molar-refractivity contribution < 1.29 is 18.3 Å². The number of carbonyl (C=O) groups excluding carboxylic acids is 1. The van der Waals surface area contributed by atoms with Crippen molar-refractivity contribution in [1.82, 2.24) is 4.98 Å². The molecule has 0 unspecified atom stereocenters. The molecular weight excluding hydrogens is 411 g/mol. The lowest BCUT2D eigenvalue weighted by atomic mass is 10.1. The van der Waals surface area contributed by atoms with Gasteiger partial charge in [-0.3, -0.25) is 0 Å². The molecule has 0 aromatic carbocycles. The number of rotatable bonds is 4. The molecule has 0 aliphatic rings. The number of carbonyl (C=O) groups is 1. The Labute approximate surface area is 119 Å². The van der Waals surface area contributed by atoms with Crippen LogP contribution in [0.5, 0.6) is 0 Å². The van der Waals surface area contributed by atoms with Gasteiger partial charge in [-0.1, -0.05) is 15.9 Å². The van der Waals surface area contributed by atoms with E-state index in [1.54, 1.807) is 29.5 Å². The standard InChI is InChI=1S/C10H9BrF2INO2/c1-2-17-10(16)7-6(8(12)13)3-5(4-11)15-9(7)14/h3,8H,2,4H2,1H3. The molecule has 1 aromatic heterocycles. The number of nitrogens with zero attached hydrogens (tertiary/aromatic N) is 1. The van der Waals surface area contributed by atoms with E-state index < -0.39 is 12.4 Å². The number of pyridine rings is 1. The SMILES string of the molecule is CCOC(=O)c1c(C(F)F)cc(CBr)nc1I. The summed E-state index contributed by atoms with van der Waals surface area (Å²) < 4.78 is 30.7. The number of aromatic nitrogens is 1. The van der Waals surface area contributed by atoms with Crippen molar-refractivity contribution in [1.29, 1.82) is 0 Å². The highest BCUT2D eigenvalue weighted by atomic mass is 127. The molecule has 94 valence electrons. The molecular formula is C10H9BrF2INO2. The second-order valence-electron chi connectivity index (χ2n) is 3.02. The number of halogens is 4. The van der Waals surface area contributed by atoms with E-state index in [0.717, 1.165) is 0 Å². The normalized spacial score (nSPS) is 10.7. The lowest BCUT2D eigenvalue weighted by Crippen LogP contribution is -2.13. The smallest absolute Gasteiger partial charge is 0.341 e. The molecule has 0 bridgehead atoms. The number of hydrogen-bond acceptors (Lipinski definition) is 3. The maximum absolute atomic E-state index is 12.9. The lowest BCUT2D eigenvalue weighted by Gasteiger charge is -2.11. The van der Waals surface area contributed by atoms with Crippen LogP contribution in [0.3, 0.4) is 0 Å². The lowest BCUT2D eigenvalue weighted by molar-refractivity contribution is 0.0513. The Morgan fingerprint density at radius 2 is 2.29 bits per heavy atom. The summed E-state index contributed by atoms with van der Waals surface area (Å²) in [7, 11) is 0. The van der Waals surface area contributed by atoms with Crippen molar-refractivity contribution in [2.45, 2.75) is 18.7 Å². The summed E-state index contributed by atoms with van der Waals surface area (Å²) in [6.07, 6.45) is -2.73. The fraction of sp³-hybridized carbons (Fsp3) is 0.400. The predicted octanol–water partition coefficient (Wildman–Crippen LogP) is 3.70. The van der Waals surface area contributed by atoms with Gasteiger partial charge in [0, 0.05) is 10.9 Å². The third-order valence-corrected chi connectivity index (χ3v) is 3.27. The highest BCUT2D eigenvalue weighted by molar-refractivity contribution is 14.1. The van der Waals surface area contributed by atoms with Gasteiger partial charge in [0.05, 0.1) is 12.3 Å². The van der Waals surface area contributed by atoms with Gasteiger partial charge < -0.3 is 4.74 Å². The number of esters is 1. The van der Waals surface area contributed by atoms with E-state index in [1.165, 1.54) is 6.07 Å². The summed E-state index contributed by atoms with van der Waals surface area (Å²) in [6, 6.07) is 1.22. The van der Waals surface area contributed by atoms with Gasteiger partial charge >= 0.3 is 5.97 Å². The fourth-order valence-corrected chi connectivity index (χ4v) is 2.36. The Hall–Kier alpha value is -0.310. The summed E-state index contributed by atoms with van der Waals surface area (Å²) in [5.41, 5.74) is -0.0257. The minimum Gasteiger partial charge on any atom is -0.462 e. The first-order valence-corrected chi connectivity index (χ1v) is 6.91.